The number of nitrogens with zero attached hydrogens (tertiary/aromatic N) is 6. The molecule has 1 aliphatic heterocycles. The average Bonchev–Trinajstić information content (AvgIpc) is 3.47. The van der Waals surface area contributed by atoms with E-state index in [4.69, 9.17) is 4.74 Å². The molecule has 176 valence electrons. The first-order chi connectivity index (χ1) is 17.1. The third-order valence-electron chi connectivity index (χ3n) is 6.16. The van der Waals surface area contributed by atoms with Crippen molar-refractivity contribution in [3.8, 4) is 5.88 Å². The number of piperidine rings is 1. The maximum absolute atomic E-state index is 12.5. The maximum atomic E-state index is 12.5. The van der Waals surface area contributed by atoms with Crippen LogP contribution in [-0.2, 0) is 0 Å². The van der Waals surface area contributed by atoms with Crippen molar-refractivity contribution in [2.24, 2.45) is 0 Å². The third-order valence-corrected chi connectivity index (χ3v) is 6.16. The molecule has 1 aromatic carbocycles. The van der Waals surface area contributed by atoms with Gasteiger partial charge >= 0.3 is 11.8 Å². The van der Waals surface area contributed by atoms with Crippen LogP contribution in [0.2, 0.25) is 0 Å². The number of hydrogen-bond donors (Lipinski definition) is 3. The fraction of sp³-hybridized carbons (Fsp3) is 0.217. The van der Waals surface area contributed by atoms with Gasteiger partial charge in [-0.15, -0.1) is 0 Å². The minimum absolute atomic E-state index is 0.0626. The number of fused-ring (bicyclic) bond motifs is 2. The lowest BCUT2D eigenvalue weighted by atomic mass is 10.0. The Morgan fingerprint density at radius 1 is 1.11 bits per heavy atom. The number of ether oxygens (including phenoxy) is 1. The van der Waals surface area contributed by atoms with Crippen LogP contribution in [0.25, 0.3) is 22.1 Å². The summed E-state index contributed by atoms with van der Waals surface area (Å²) < 4.78 is 7.17. The topological polar surface area (TPSA) is 147 Å². The summed E-state index contributed by atoms with van der Waals surface area (Å²) in [6.45, 7) is 1.38. The second kappa shape index (κ2) is 8.56. The zero-order valence-corrected chi connectivity index (χ0v) is 18.5. The number of carbonyl (C=O) groups excluding carboxylic acids is 1. The Morgan fingerprint density at radius 3 is 2.89 bits per heavy atom. The highest BCUT2D eigenvalue weighted by molar-refractivity contribution is 5.90. The Balaban J connectivity index is 1.11. The third kappa shape index (κ3) is 4.05. The number of amides is 1. The number of nitrogens with one attached hydrogen (secondary N) is 3. The fourth-order valence-corrected chi connectivity index (χ4v) is 4.49. The van der Waals surface area contributed by atoms with Gasteiger partial charge in [-0.05, 0) is 43.2 Å². The number of rotatable bonds is 4. The zero-order valence-electron chi connectivity index (χ0n) is 18.5. The molecule has 12 nitrogen and oxygen atoms in total. The number of imidazole rings is 1. The van der Waals surface area contributed by atoms with Crippen molar-refractivity contribution >= 4 is 39.7 Å². The highest BCUT2D eigenvalue weighted by Gasteiger charge is 2.25. The zero-order chi connectivity index (χ0) is 23.8. The average molecular weight is 471 g/mol. The minimum atomic E-state index is -0.650. The summed E-state index contributed by atoms with van der Waals surface area (Å²) in [5.74, 6) is 0.812. The summed E-state index contributed by atoms with van der Waals surface area (Å²) in [5, 5.41) is 10.4. The molecule has 0 atom stereocenters. The maximum Gasteiger partial charge on any atom is 0.418 e. The van der Waals surface area contributed by atoms with Crippen molar-refractivity contribution in [3.05, 3.63) is 65.6 Å². The highest BCUT2D eigenvalue weighted by atomic mass is 16.6. The van der Waals surface area contributed by atoms with E-state index in [9.17, 15) is 9.59 Å². The molecule has 1 fully saturated rings. The lowest BCUT2D eigenvalue weighted by molar-refractivity contribution is 0.213. The van der Waals surface area contributed by atoms with Crippen LogP contribution >= 0.6 is 0 Å². The van der Waals surface area contributed by atoms with E-state index in [-0.39, 0.29) is 17.6 Å². The first-order valence-electron chi connectivity index (χ1n) is 11.2. The van der Waals surface area contributed by atoms with Crippen LogP contribution < -0.4 is 20.6 Å². The predicted molar refractivity (Wildman–Crippen MR) is 129 cm³/mol. The van der Waals surface area contributed by atoms with Crippen molar-refractivity contribution in [2.45, 2.75) is 18.9 Å². The van der Waals surface area contributed by atoms with E-state index < -0.39 is 6.09 Å². The molecule has 3 N–H and O–H groups in total. The molecular weight excluding hydrogens is 450 g/mol. The first kappa shape index (κ1) is 20.8. The Morgan fingerprint density at radius 2 is 2.00 bits per heavy atom. The molecule has 35 heavy (non-hydrogen) atoms. The number of aromatic amines is 2. The van der Waals surface area contributed by atoms with Crippen LogP contribution in [-0.4, -0.2) is 53.9 Å². The number of aromatic nitrogens is 7. The summed E-state index contributed by atoms with van der Waals surface area (Å²) in [6, 6.07) is 10.8. The van der Waals surface area contributed by atoms with E-state index >= 15 is 0 Å². The van der Waals surface area contributed by atoms with Crippen LogP contribution in [0.5, 0.6) is 5.88 Å². The van der Waals surface area contributed by atoms with Gasteiger partial charge in [-0.3, -0.25) is 20.0 Å². The van der Waals surface area contributed by atoms with Gasteiger partial charge in [0.25, 0.3) is 0 Å². The van der Waals surface area contributed by atoms with Crippen LogP contribution in [0.4, 0.5) is 16.3 Å². The summed E-state index contributed by atoms with van der Waals surface area (Å²) in [4.78, 5) is 42.4. The van der Waals surface area contributed by atoms with Gasteiger partial charge in [-0.2, -0.15) is 5.10 Å². The lowest BCUT2D eigenvalue weighted by Gasteiger charge is -2.33. The molecule has 5 heterocycles. The monoisotopic (exact) mass is 471 g/mol. The summed E-state index contributed by atoms with van der Waals surface area (Å²) in [6.07, 6.45) is 5.59. The summed E-state index contributed by atoms with van der Waals surface area (Å²) in [5.41, 5.74) is 2.72. The number of H-pyrrole nitrogens is 2. The van der Waals surface area contributed by atoms with Gasteiger partial charge < -0.3 is 9.64 Å². The molecule has 1 amide bonds. The molecular formula is C23H21N9O3. The highest BCUT2D eigenvalue weighted by Crippen LogP contribution is 2.27. The molecule has 12 heteroatoms. The van der Waals surface area contributed by atoms with E-state index in [0.29, 0.717) is 30.2 Å². The minimum Gasteiger partial charge on any atom is -0.391 e. The number of carbonyl (C=O) groups is 1. The SMILES string of the molecule is O=C(Nc1ccc2[nH]ncc2c1)Oc1cc(N2CCC(n3c(=O)[nH]c4ncccc43)CC2)ncn1. The van der Waals surface area contributed by atoms with Crippen molar-refractivity contribution in [3.63, 3.8) is 0 Å². The number of hydrogen-bond acceptors (Lipinski definition) is 8. The van der Waals surface area contributed by atoms with E-state index in [1.165, 1.54) is 6.33 Å². The second-order valence-electron chi connectivity index (χ2n) is 8.29. The van der Waals surface area contributed by atoms with Gasteiger partial charge in [0.2, 0.25) is 5.88 Å². The van der Waals surface area contributed by atoms with E-state index in [2.05, 4.69) is 40.3 Å². The van der Waals surface area contributed by atoms with Crippen LogP contribution in [0.1, 0.15) is 18.9 Å². The van der Waals surface area contributed by atoms with Gasteiger partial charge in [-0.25, -0.2) is 24.5 Å². The number of pyridine rings is 1. The van der Waals surface area contributed by atoms with Crippen LogP contribution in [0, 0.1) is 0 Å². The van der Waals surface area contributed by atoms with Gasteiger partial charge in [0, 0.05) is 42.5 Å². The smallest absolute Gasteiger partial charge is 0.391 e. The lowest BCUT2D eigenvalue weighted by Crippen LogP contribution is -2.37. The molecule has 1 saturated heterocycles. The molecule has 4 aromatic heterocycles. The Labute approximate surface area is 198 Å². The molecule has 0 saturated carbocycles. The summed E-state index contributed by atoms with van der Waals surface area (Å²) >= 11 is 0. The van der Waals surface area contributed by atoms with Crippen LogP contribution in [0.3, 0.4) is 0 Å². The van der Waals surface area contributed by atoms with Gasteiger partial charge in [0.1, 0.15) is 12.1 Å². The number of anilines is 2. The molecule has 0 spiro atoms. The predicted octanol–water partition coefficient (Wildman–Crippen LogP) is 2.84. The van der Waals surface area contributed by atoms with Gasteiger partial charge in [0.15, 0.2) is 5.65 Å². The van der Waals surface area contributed by atoms with Crippen molar-refractivity contribution in [1.82, 2.24) is 34.7 Å². The molecule has 0 bridgehead atoms. The Bertz CT molecular complexity index is 1580. The molecule has 1 aliphatic rings. The van der Waals surface area contributed by atoms with Crippen molar-refractivity contribution in [1.29, 1.82) is 0 Å². The van der Waals surface area contributed by atoms with Gasteiger partial charge in [0.05, 0.1) is 17.2 Å². The molecule has 0 unspecified atom stereocenters. The van der Waals surface area contributed by atoms with E-state index in [1.54, 1.807) is 35.2 Å². The van der Waals surface area contributed by atoms with E-state index in [1.807, 2.05) is 18.2 Å². The molecule has 6 rings (SSSR count). The second-order valence-corrected chi connectivity index (χ2v) is 8.29. The van der Waals surface area contributed by atoms with Crippen molar-refractivity contribution < 1.29 is 9.53 Å². The van der Waals surface area contributed by atoms with Gasteiger partial charge in [-0.1, -0.05) is 0 Å². The quantitative estimate of drug-likeness (QED) is 0.363. The fourth-order valence-electron chi connectivity index (χ4n) is 4.49. The Kier molecular flexibility index (Phi) is 5.09. The molecule has 5 aromatic rings. The normalized spacial score (nSPS) is 14.5. The van der Waals surface area contributed by atoms with E-state index in [0.717, 1.165) is 29.3 Å². The number of benzene rings is 1. The Hall–Kier alpha value is -4.74. The first-order valence-corrected chi connectivity index (χ1v) is 11.2. The molecule has 0 aliphatic carbocycles. The van der Waals surface area contributed by atoms with Crippen molar-refractivity contribution in [2.75, 3.05) is 23.3 Å². The summed E-state index contributed by atoms with van der Waals surface area (Å²) in [7, 11) is 0. The molecule has 0 radical (unpaired) electrons. The largest absolute Gasteiger partial charge is 0.418 e. The standard InChI is InChI=1S/C23H21N9O3/c33-22-29-21-18(2-1-7-24-21)32(22)16-5-8-31(9-6-16)19-11-20(26-13-25-19)35-23(34)28-15-3-4-17-14(10-15)12-27-30-17/h1-4,7,10-13,16H,5-6,8-9H2,(H,27,30)(H,28,34)(H,24,29,33). The van der Waals surface area contributed by atoms with Crippen LogP contribution in [0.15, 0.2) is 59.9 Å².